The maximum absolute atomic E-state index is 5.01. The number of aromatic nitrogens is 2. The molecule has 1 aromatic heterocycles. The Kier molecular flexibility index (Phi) is 5.43. The zero-order valence-electron chi connectivity index (χ0n) is 17.8. The molecule has 1 saturated carbocycles. The van der Waals surface area contributed by atoms with Crippen LogP contribution in [0, 0.1) is 6.92 Å². The summed E-state index contributed by atoms with van der Waals surface area (Å²) in [5.74, 6) is 1.86. The molecule has 3 aromatic rings. The van der Waals surface area contributed by atoms with Gasteiger partial charge in [0.1, 0.15) is 5.82 Å². The van der Waals surface area contributed by atoms with Crippen molar-refractivity contribution in [1.82, 2.24) is 9.97 Å². The minimum Gasteiger partial charge on any atom is -0.368 e. The lowest BCUT2D eigenvalue weighted by Crippen LogP contribution is -2.47. The molecule has 156 valence electrons. The predicted octanol–water partition coefficient (Wildman–Crippen LogP) is 5.01. The molecule has 5 heteroatoms. The van der Waals surface area contributed by atoms with Gasteiger partial charge in [0.15, 0.2) is 0 Å². The Balaban J connectivity index is 1.36. The van der Waals surface area contributed by atoms with Gasteiger partial charge in [-0.1, -0.05) is 49.1 Å². The van der Waals surface area contributed by atoms with Crippen LogP contribution in [0.4, 0.5) is 17.5 Å². The van der Waals surface area contributed by atoms with Crippen LogP contribution in [0.15, 0.2) is 48.5 Å². The number of hydrogen-bond acceptors (Lipinski definition) is 5. The molecule has 1 N–H and O–H groups in total. The van der Waals surface area contributed by atoms with Gasteiger partial charge in [-0.25, -0.2) is 4.98 Å². The van der Waals surface area contributed by atoms with Crippen molar-refractivity contribution in [3.63, 3.8) is 0 Å². The monoisotopic (exact) mass is 401 g/mol. The Morgan fingerprint density at radius 1 is 0.800 bits per heavy atom. The second-order valence-corrected chi connectivity index (χ2v) is 8.68. The van der Waals surface area contributed by atoms with Crippen molar-refractivity contribution in [1.29, 1.82) is 0 Å². The molecule has 0 amide bonds. The maximum atomic E-state index is 5.01. The van der Waals surface area contributed by atoms with E-state index in [4.69, 9.17) is 9.97 Å². The normalized spacial score (nSPS) is 18.0. The molecule has 5 nitrogen and oxygen atoms in total. The molecule has 0 atom stereocenters. The first-order valence-electron chi connectivity index (χ1n) is 11.4. The van der Waals surface area contributed by atoms with Crippen LogP contribution in [0.5, 0.6) is 0 Å². The average molecular weight is 402 g/mol. The summed E-state index contributed by atoms with van der Waals surface area (Å²) in [6, 6.07) is 17.8. The summed E-state index contributed by atoms with van der Waals surface area (Å²) in [5.41, 5.74) is 3.64. The summed E-state index contributed by atoms with van der Waals surface area (Å²) in [5, 5.41) is 4.88. The molecule has 1 saturated heterocycles. The third kappa shape index (κ3) is 4.07. The lowest BCUT2D eigenvalue weighted by Gasteiger charge is -2.36. The van der Waals surface area contributed by atoms with E-state index in [1.165, 1.54) is 43.4 Å². The number of anilines is 3. The maximum Gasteiger partial charge on any atom is 0.228 e. The Morgan fingerprint density at radius 2 is 1.50 bits per heavy atom. The number of fused-ring (bicyclic) bond motifs is 1. The van der Waals surface area contributed by atoms with Crippen LogP contribution in [0.2, 0.25) is 0 Å². The van der Waals surface area contributed by atoms with Gasteiger partial charge in [0.2, 0.25) is 5.95 Å². The van der Waals surface area contributed by atoms with Gasteiger partial charge in [-0.15, -0.1) is 0 Å². The molecular formula is C25H31N5. The molecular weight excluding hydrogens is 370 g/mol. The van der Waals surface area contributed by atoms with Crippen molar-refractivity contribution in [2.45, 2.75) is 45.1 Å². The number of nitrogens with one attached hydrogen (secondary N) is 1. The first-order chi connectivity index (χ1) is 14.8. The van der Waals surface area contributed by atoms with Gasteiger partial charge in [-0.05, 0) is 44.0 Å². The first-order valence-corrected chi connectivity index (χ1v) is 11.4. The molecule has 1 aliphatic carbocycles. The molecule has 1 aliphatic heterocycles. The Morgan fingerprint density at radius 3 is 2.27 bits per heavy atom. The van der Waals surface area contributed by atoms with Gasteiger partial charge in [0, 0.05) is 43.3 Å². The van der Waals surface area contributed by atoms with Crippen LogP contribution in [0.25, 0.3) is 10.9 Å². The van der Waals surface area contributed by atoms with Gasteiger partial charge < -0.3 is 15.1 Å². The van der Waals surface area contributed by atoms with Crippen molar-refractivity contribution < 1.29 is 0 Å². The summed E-state index contributed by atoms with van der Waals surface area (Å²) >= 11 is 0. The molecule has 2 fully saturated rings. The van der Waals surface area contributed by atoms with Crippen molar-refractivity contribution in [3.8, 4) is 0 Å². The molecule has 5 rings (SSSR count). The van der Waals surface area contributed by atoms with Gasteiger partial charge in [0.05, 0.1) is 5.52 Å². The van der Waals surface area contributed by atoms with Gasteiger partial charge in [-0.2, -0.15) is 4.98 Å². The number of piperazine rings is 1. The molecule has 0 spiro atoms. The summed E-state index contributed by atoms with van der Waals surface area (Å²) in [4.78, 5) is 14.7. The van der Waals surface area contributed by atoms with E-state index in [1.54, 1.807) is 0 Å². The zero-order valence-corrected chi connectivity index (χ0v) is 17.8. The van der Waals surface area contributed by atoms with Crippen LogP contribution in [0.1, 0.15) is 37.7 Å². The summed E-state index contributed by atoms with van der Waals surface area (Å²) in [6.07, 6.45) is 6.47. The first kappa shape index (κ1) is 19.2. The third-order valence-corrected chi connectivity index (χ3v) is 6.50. The van der Waals surface area contributed by atoms with Gasteiger partial charge >= 0.3 is 0 Å². The molecule has 2 heterocycles. The van der Waals surface area contributed by atoms with Crippen molar-refractivity contribution >= 4 is 28.4 Å². The van der Waals surface area contributed by atoms with E-state index in [1.807, 2.05) is 0 Å². The van der Waals surface area contributed by atoms with E-state index < -0.39 is 0 Å². The molecule has 30 heavy (non-hydrogen) atoms. The highest BCUT2D eigenvalue weighted by Gasteiger charge is 2.22. The minimum absolute atomic E-state index is 0.531. The van der Waals surface area contributed by atoms with Crippen molar-refractivity contribution in [3.05, 3.63) is 54.1 Å². The molecule has 0 radical (unpaired) electrons. The number of nitrogens with zero attached hydrogens (tertiary/aromatic N) is 4. The van der Waals surface area contributed by atoms with E-state index in [2.05, 4.69) is 70.6 Å². The third-order valence-electron chi connectivity index (χ3n) is 6.50. The number of rotatable bonds is 4. The van der Waals surface area contributed by atoms with Crippen LogP contribution in [-0.2, 0) is 0 Å². The Hall–Kier alpha value is -2.82. The van der Waals surface area contributed by atoms with E-state index in [0.717, 1.165) is 48.8 Å². The Labute approximate surface area is 179 Å². The molecule has 0 unspecified atom stereocenters. The smallest absolute Gasteiger partial charge is 0.228 e. The minimum atomic E-state index is 0.531. The summed E-state index contributed by atoms with van der Waals surface area (Å²) in [6.45, 7) is 6.00. The number of para-hydroxylation sites is 1. The van der Waals surface area contributed by atoms with E-state index in [-0.39, 0.29) is 0 Å². The average Bonchev–Trinajstić information content (AvgIpc) is 2.80. The molecule has 2 aliphatic rings. The zero-order chi connectivity index (χ0) is 20.3. The van der Waals surface area contributed by atoms with Gasteiger partial charge in [0.25, 0.3) is 0 Å². The number of benzene rings is 2. The fraction of sp³-hybridized carbons (Fsp3) is 0.440. The van der Waals surface area contributed by atoms with E-state index >= 15 is 0 Å². The second-order valence-electron chi connectivity index (χ2n) is 8.68. The second kappa shape index (κ2) is 8.50. The molecule has 0 bridgehead atoms. The highest BCUT2D eigenvalue weighted by atomic mass is 15.3. The predicted molar refractivity (Wildman–Crippen MR) is 126 cm³/mol. The lowest BCUT2D eigenvalue weighted by molar-refractivity contribution is 0.462. The summed E-state index contributed by atoms with van der Waals surface area (Å²) in [7, 11) is 0. The number of hydrogen-bond donors (Lipinski definition) is 1. The fourth-order valence-electron chi connectivity index (χ4n) is 4.68. The fourth-order valence-corrected chi connectivity index (χ4v) is 4.68. The van der Waals surface area contributed by atoms with Crippen LogP contribution >= 0.6 is 0 Å². The van der Waals surface area contributed by atoms with E-state index in [9.17, 15) is 0 Å². The van der Waals surface area contributed by atoms with Crippen LogP contribution < -0.4 is 15.1 Å². The van der Waals surface area contributed by atoms with Crippen molar-refractivity contribution in [2.24, 2.45) is 0 Å². The van der Waals surface area contributed by atoms with Crippen LogP contribution in [0.3, 0.4) is 0 Å². The summed E-state index contributed by atoms with van der Waals surface area (Å²) < 4.78 is 0. The topological polar surface area (TPSA) is 44.3 Å². The highest BCUT2D eigenvalue weighted by molar-refractivity contribution is 5.90. The number of aryl methyl sites for hydroxylation is 1. The SMILES string of the molecule is Cc1ccc(N2CCN(c3nc(NC4CCCCC4)c4ccccc4n3)CC2)cc1. The van der Waals surface area contributed by atoms with Crippen LogP contribution in [-0.4, -0.2) is 42.2 Å². The van der Waals surface area contributed by atoms with Gasteiger partial charge in [-0.3, -0.25) is 0 Å². The standard InChI is InChI=1S/C25H31N5/c1-19-11-13-21(14-12-19)29-15-17-30(18-16-29)25-27-23-10-6-5-9-22(23)24(28-25)26-20-7-3-2-4-8-20/h5-6,9-14,20H,2-4,7-8,15-18H2,1H3,(H,26,27,28). The van der Waals surface area contributed by atoms with Crippen molar-refractivity contribution in [2.75, 3.05) is 41.3 Å². The quantitative estimate of drug-likeness (QED) is 0.666. The largest absolute Gasteiger partial charge is 0.368 e. The highest BCUT2D eigenvalue weighted by Crippen LogP contribution is 2.28. The lowest BCUT2D eigenvalue weighted by atomic mass is 9.95. The Bertz CT molecular complexity index is 986. The van der Waals surface area contributed by atoms with E-state index in [0.29, 0.717) is 6.04 Å². The molecule has 2 aromatic carbocycles.